The summed E-state index contributed by atoms with van der Waals surface area (Å²) >= 11 is 0. The number of amides is 2. The molecule has 2 saturated heterocycles. The Morgan fingerprint density at radius 1 is 0.882 bits per heavy atom. The van der Waals surface area contributed by atoms with Gasteiger partial charge in [0.05, 0.1) is 30.1 Å². The largest absolute Gasteiger partial charge is 0.407 e. The fourth-order valence-electron chi connectivity index (χ4n) is 6.79. The van der Waals surface area contributed by atoms with Crippen LogP contribution in [0, 0.1) is 16.7 Å². The first-order chi connectivity index (χ1) is 16.5. The van der Waals surface area contributed by atoms with Crippen LogP contribution in [0.15, 0.2) is 72.3 Å². The smallest absolute Gasteiger partial charge is 0.385 e. The van der Waals surface area contributed by atoms with Gasteiger partial charge in [0.1, 0.15) is 0 Å². The second-order valence-electron chi connectivity index (χ2n) is 10.5. The number of hydrogen-bond donors (Lipinski definition) is 0. The number of rotatable bonds is 3. The predicted molar refractivity (Wildman–Crippen MR) is 132 cm³/mol. The second-order valence-corrected chi connectivity index (χ2v) is 13.5. The summed E-state index contributed by atoms with van der Waals surface area (Å²) < 4.78 is 13.8. The van der Waals surface area contributed by atoms with Crippen molar-refractivity contribution in [3.05, 3.63) is 72.3 Å². The third-order valence-electron chi connectivity index (χ3n) is 8.58. The average Bonchev–Trinajstić information content (AvgIpc) is 2.98. The monoisotopic (exact) mass is 473 g/mol. The van der Waals surface area contributed by atoms with E-state index in [-0.39, 0.29) is 30.4 Å². The number of imide groups is 1. The summed E-state index contributed by atoms with van der Waals surface area (Å²) in [7, 11) is -3.10. The Morgan fingerprint density at radius 3 is 2.12 bits per heavy atom. The van der Waals surface area contributed by atoms with Crippen LogP contribution in [0.1, 0.15) is 39.5 Å². The molecule has 176 valence electrons. The molecular formula is C28H31NO4Si. The van der Waals surface area contributed by atoms with Gasteiger partial charge in [-0.05, 0) is 34.7 Å². The third-order valence-corrected chi connectivity index (χ3v) is 11.9. The van der Waals surface area contributed by atoms with E-state index in [1.807, 2.05) is 36.4 Å². The molecular weight excluding hydrogens is 442 g/mol. The summed E-state index contributed by atoms with van der Waals surface area (Å²) in [6.45, 7) is 4.73. The third kappa shape index (κ3) is 2.67. The highest BCUT2D eigenvalue weighted by molar-refractivity contribution is 6.92. The molecule has 1 saturated carbocycles. The zero-order valence-corrected chi connectivity index (χ0v) is 20.8. The Kier molecular flexibility index (Phi) is 4.99. The van der Waals surface area contributed by atoms with Gasteiger partial charge in [0.2, 0.25) is 11.8 Å². The Balaban J connectivity index is 1.53. The molecule has 0 aromatic heterocycles. The molecule has 6 heteroatoms. The van der Waals surface area contributed by atoms with Crippen molar-refractivity contribution in [3.63, 3.8) is 0 Å². The van der Waals surface area contributed by atoms with Crippen LogP contribution < -0.4 is 10.4 Å². The summed E-state index contributed by atoms with van der Waals surface area (Å²) in [6, 6.07) is 20.1. The molecule has 34 heavy (non-hydrogen) atoms. The standard InChI is InChI=1S/C28H31NO4Si/c1-20(2)24-19-33-34(22-11-5-3-6-12-22,23-13-7-4-8-14-23)32-18-21-17-27-15-9-10-16-28(21,27)26(31)29(24)25(27)30/h3-8,11-14,17,20,24H,9-10,15-16,18-19H2,1-2H3/t24-,27+,28-/m0/s1. The lowest BCUT2D eigenvalue weighted by atomic mass is 9.46. The van der Waals surface area contributed by atoms with Crippen molar-refractivity contribution < 1.29 is 18.4 Å². The highest BCUT2D eigenvalue weighted by Gasteiger charge is 2.76. The molecule has 0 radical (unpaired) electrons. The van der Waals surface area contributed by atoms with E-state index in [4.69, 9.17) is 8.85 Å². The molecule has 6 rings (SSSR count). The van der Waals surface area contributed by atoms with Crippen molar-refractivity contribution >= 4 is 30.7 Å². The lowest BCUT2D eigenvalue weighted by Gasteiger charge is -2.53. The average molecular weight is 474 g/mol. The van der Waals surface area contributed by atoms with Gasteiger partial charge in [0, 0.05) is 0 Å². The maximum Gasteiger partial charge on any atom is 0.407 e. The summed E-state index contributed by atoms with van der Waals surface area (Å²) in [6.07, 6.45) is 5.52. The van der Waals surface area contributed by atoms with Crippen LogP contribution in [-0.2, 0) is 18.4 Å². The summed E-state index contributed by atoms with van der Waals surface area (Å²) in [5.74, 6) is 0.0346. The molecule has 2 aromatic rings. The van der Waals surface area contributed by atoms with E-state index >= 15 is 0 Å². The Hall–Kier alpha value is -2.54. The van der Waals surface area contributed by atoms with Crippen molar-refractivity contribution in [3.8, 4) is 0 Å². The Bertz CT molecular complexity index is 1120. The van der Waals surface area contributed by atoms with Crippen molar-refractivity contribution in [1.29, 1.82) is 0 Å². The Morgan fingerprint density at radius 2 is 1.50 bits per heavy atom. The first-order valence-electron chi connectivity index (χ1n) is 12.5. The maximum atomic E-state index is 14.0. The molecule has 2 aliphatic heterocycles. The minimum atomic E-state index is -3.10. The SMILES string of the molecule is CC(C)[C@@H]1CO[Si](c2ccccc2)(c2ccccc2)OCC2=C[C@@]34CCCC[C@@]23C(=O)N1C4=O. The van der Waals surface area contributed by atoms with E-state index in [0.717, 1.165) is 41.6 Å². The number of benzene rings is 2. The van der Waals surface area contributed by atoms with Crippen LogP contribution in [0.25, 0.3) is 0 Å². The van der Waals surface area contributed by atoms with Gasteiger partial charge >= 0.3 is 8.56 Å². The molecule has 1 spiro atoms. The van der Waals surface area contributed by atoms with E-state index < -0.39 is 19.4 Å². The summed E-state index contributed by atoms with van der Waals surface area (Å²) in [4.78, 5) is 29.5. The van der Waals surface area contributed by atoms with Crippen LogP contribution in [0.5, 0.6) is 0 Å². The van der Waals surface area contributed by atoms with Crippen molar-refractivity contribution in [2.75, 3.05) is 13.2 Å². The van der Waals surface area contributed by atoms with Crippen LogP contribution in [0.2, 0.25) is 0 Å². The lowest BCUT2D eigenvalue weighted by Crippen LogP contribution is -2.66. The van der Waals surface area contributed by atoms with Crippen molar-refractivity contribution in [2.24, 2.45) is 16.7 Å². The highest BCUT2D eigenvalue weighted by Crippen LogP contribution is 2.68. The lowest BCUT2D eigenvalue weighted by molar-refractivity contribution is -0.146. The highest BCUT2D eigenvalue weighted by atomic mass is 28.4. The molecule has 0 unspecified atom stereocenters. The summed E-state index contributed by atoms with van der Waals surface area (Å²) in [5, 5.41) is 2.08. The fourth-order valence-corrected chi connectivity index (χ4v) is 9.90. The zero-order valence-electron chi connectivity index (χ0n) is 19.8. The van der Waals surface area contributed by atoms with Gasteiger partial charge in [0.15, 0.2) is 0 Å². The molecule has 2 aromatic carbocycles. The van der Waals surface area contributed by atoms with Gasteiger partial charge in [-0.15, -0.1) is 0 Å². The molecule has 3 atom stereocenters. The van der Waals surface area contributed by atoms with Crippen molar-refractivity contribution in [1.82, 2.24) is 4.90 Å². The van der Waals surface area contributed by atoms with E-state index in [1.165, 1.54) is 0 Å². The van der Waals surface area contributed by atoms with Gasteiger partial charge < -0.3 is 8.85 Å². The first-order valence-corrected chi connectivity index (χ1v) is 14.3. The predicted octanol–water partition coefficient (Wildman–Crippen LogP) is 3.17. The molecule has 2 bridgehead atoms. The summed E-state index contributed by atoms with van der Waals surface area (Å²) in [5.41, 5.74) is -0.424. The van der Waals surface area contributed by atoms with Gasteiger partial charge in [-0.25, -0.2) is 0 Å². The van der Waals surface area contributed by atoms with Gasteiger partial charge in [0.25, 0.3) is 0 Å². The zero-order chi connectivity index (χ0) is 23.6. The van der Waals surface area contributed by atoms with E-state index in [1.54, 1.807) is 4.90 Å². The molecule has 5 nitrogen and oxygen atoms in total. The molecule has 2 heterocycles. The van der Waals surface area contributed by atoms with Crippen LogP contribution in [0.4, 0.5) is 0 Å². The molecule has 2 aliphatic carbocycles. The van der Waals surface area contributed by atoms with E-state index in [0.29, 0.717) is 6.61 Å². The van der Waals surface area contributed by atoms with E-state index in [2.05, 4.69) is 44.2 Å². The first kappa shape index (κ1) is 22.0. The quantitative estimate of drug-likeness (QED) is 0.390. The molecule has 2 amide bonds. The number of fused-ring (bicyclic) bond motifs is 1. The number of nitrogens with zero attached hydrogens (tertiary/aromatic N) is 1. The molecule has 3 fully saturated rings. The molecule has 4 aliphatic rings. The Labute approximate surface area is 202 Å². The number of carbonyl (C=O) groups is 2. The second kappa shape index (κ2) is 7.73. The number of carbonyl (C=O) groups excluding carboxylic acids is 2. The van der Waals surface area contributed by atoms with Gasteiger partial charge in [-0.2, -0.15) is 0 Å². The van der Waals surface area contributed by atoms with E-state index in [9.17, 15) is 9.59 Å². The minimum Gasteiger partial charge on any atom is -0.385 e. The van der Waals surface area contributed by atoms with Gasteiger partial charge in [-0.1, -0.05) is 93.4 Å². The van der Waals surface area contributed by atoms with Crippen molar-refractivity contribution in [2.45, 2.75) is 45.6 Å². The van der Waals surface area contributed by atoms with Gasteiger partial charge in [-0.3, -0.25) is 14.5 Å². The number of hydrogen-bond acceptors (Lipinski definition) is 4. The maximum absolute atomic E-state index is 14.0. The van der Waals surface area contributed by atoms with Crippen LogP contribution in [0.3, 0.4) is 0 Å². The topological polar surface area (TPSA) is 55.8 Å². The fraction of sp³-hybridized carbons (Fsp3) is 0.429. The molecule has 0 N–H and O–H groups in total. The normalized spacial score (nSPS) is 32.1. The van der Waals surface area contributed by atoms with Crippen LogP contribution in [-0.4, -0.2) is 44.5 Å². The minimum absolute atomic E-state index is 0.0168. The van der Waals surface area contributed by atoms with Crippen LogP contribution >= 0.6 is 0 Å².